The summed E-state index contributed by atoms with van der Waals surface area (Å²) in [6, 6.07) is 0. The zero-order valence-electron chi connectivity index (χ0n) is 13.3. The Morgan fingerprint density at radius 1 is 0.947 bits per heavy atom. The second kappa shape index (κ2) is 8.79. The van der Waals surface area contributed by atoms with Crippen LogP contribution in [0.3, 0.4) is 0 Å². The van der Waals surface area contributed by atoms with Crippen LogP contribution in [-0.2, 0) is 0 Å². The molecule has 0 heterocycles. The number of terminal acetylenes is 2. The summed E-state index contributed by atoms with van der Waals surface area (Å²) in [6.45, 7) is 14.2. The monoisotopic (exact) mass is 302 g/mol. The minimum Gasteiger partial charge on any atom is -0.118 e. The van der Waals surface area contributed by atoms with Crippen molar-refractivity contribution in [1.29, 1.82) is 0 Å². The third-order valence-corrected chi connectivity index (χ3v) is 5.19. The van der Waals surface area contributed by atoms with Gasteiger partial charge in [-0.1, -0.05) is 59.8 Å². The molecule has 0 bridgehead atoms. The lowest BCUT2D eigenvalue weighted by atomic mass is 9.85. The Morgan fingerprint density at radius 3 is 1.37 bits per heavy atom. The van der Waals surface area contributed by atoms with Gasteiger partial charge in [0.25, 0.3) is 0 Å². The van der Waals surface area contributed by atoms with Crippen LogP contribution in [0.2, 0.25) is 0 Å². The quantitative estimate of drug-likeness (QED) is 0.470. The number of halogens is 2. The molecular weight excluding hydrogens is 275 g/mol. The van der Waals surface area contributed by atoms with Gasteiger partial charge in [-0.15, -0.1) is 36.0 Å². The van der Waals surface area contributed by atoms with Gasteiger partial charge in [-0.25, -0.2) is 0 Å². The average molecular weight is 303 g/mol. The molecule has 0 aromatic carbocycles. The highest BCUT2D eigenvalue weighted by Crippen LogP contribution is 2.32. The lowest BCUT2D eigenvalue weighted by Gasteiger charge is -2.29. The van der Waals surface area contributed by atoms with E-state index in [4.69, 9.17) is 36.0 Å². The summed E-state index contributed by atoms with van der Waals surface area (Å²) >= 11 is 12.1. The van der Waals surface area contributed by atoms with Crippen molar-refractivity contribution in [3.8, 4) is 24.7 Å². The first kappa shape index (κ1) is 21.0. The lowest BCUT2D eigenvalue weighted by molar-refractivity contribution is 0.402. The van der Waals surface area contributed by atoms with E-state index in [1.54, 1.807) is 0 Å². The van der Waals surface area contributed by atoms with Crippen molar-refractivity contribution < 1.29 is 0 Å². The van der Waals surface area contributed by atoms with E-state index < -0.39 is 9.75 Å². The molecule has 0 N–H and O–H groups in total. The Bertz CT molecular complexity index is 318. The molecule has 0 nitrogen and oxygen atoms in total. The van der Waals surface area contributed by atoms with Gasteiger partial charge in [-0.05, 0) is 24.7 Å². The topological polar surface area (TPSA) is 0 Å². The van der Waals surface area contributed by atoms with E-state index in [1.165, 1.54) is 0 Å². The second-order valence-electron chi connectivity index (χ2n) is 5.75. The molecule has 2 heteroatoms. The maximum atomic E-state index is 6.16. The molecule has 0 aromatic rings. The molecule has 0 aliphatic rings. The van der Waals surface area contributed by atoms with Gasteiger partial charge in [-0.2, -0.15) is 0 Å². The van der Waals surface area contributed by atoms with Crippen LogP contribution in [0, 0.1) is 42.4 Å². The third kappa shape index (κ3) is 6.61. The molecule has 0 spiro atoms. The molecule has 19 heavy (non-hydrogen) atoms. The molecule has 0 aromatic heterocycles. The molecule has 0 saturated carbocycles. The largest absolute Gasteiger partial charge is 0.118 e. The molecule has 0 aliphatic carbocycles. The van der Waals surface area contributed by atoms with Crippen molar-refractivity contribution in [3.63, 3.8) is 0 Å². The van der Waals surface area contributed by atoms with E-state index in [-0.39, 0.29) is 0 Å². The summed E-state index contributed by atoms with van der Waals surface area (Å²) in [5.74, 6) is 6.26. The number of hydrogen-bond acceptors (Lipinski definition) is 0. The van der Waals surface area contributed by atoms with Crippen LogP contribution in [0.15, 0.2) is 0 Å². The minimum atomic E-state index is -0.458. The van der Waals surface area contributed by atoms with E-state index in [0.29, 0.717) is 17.8 Å². The van der Waals surface area contributed by atoms with E-state index in [9.17, 15) is 0 Å². The minimum absolute atomic E-state index is 0.333. The zero-order valence-corrected chi connectivity index (χ0v) is 14.9. The molecule has 2 unspecified atom stereocenters. The van der Waals surface area contributed by atoms with Gasteiger partial charge in [0, 0.05) is 0 Å². The van der Waals surface area contributed by atoms with Gasteiger partial charge < -0.3 is 0 Å². The molecule has 0 aliphatic heterocycles. The van der Waals surface area contributed by atoms with Crippen LogP contribution < -0.4 is 0 Å². The fraction of sp³-hybridized carbons (Fsp3) is 0.765. The van der Waals surface area contributed by atoms with Gasteiger partial charge in [-0.3, -0.25) is 0 Å². The molecule has 0 fully saturated rings. The standard InChI is InChI=1S/C9H15Cl.C8H13Cl/c1-6-9(10,7(2)3)8(4)5;1-5-7(3)8(4,9)6-2/h1,7-8H,2-5H3;2,7H,5H2,1,3-4H3. The number of hydrogen-bond donors (Lipinski definition) is 0. The van der Waals surface area contributed by atoms with Crippen LogP contribution in [0.4, 0.5) is 0 Å². The zero-order chi connectivity index (χ0) is 15.9. The van der Waals surface area contributed by atoms with Crippen molar-refractivity contribution in [2.24, 2.45) is 17.8 Å². The van der Waals surface area contributed by atoms with Crippen LogP contribution in [0.25, 0.3) is 0 Å². The molecule has 0 saturated heterocycles. The molecule has 0 amide bonds. The SMILES string of the molecule is C#CC(C)(Cl)C(C)CC.C#CC(Cl)(C(C)C)C(C)C. The van der Waals surface area contributed by atoms with Gasteiger partial charge in [0.2, 0.25) is 0 Å². The van der Waals surface area contributed by atoms with Crippen molar-refractivity contribution in [2.45, 2.75) is 64.6 Å². The van der Waals surface area contributed by atoms with Gasteiger partial charge >= 0.3 is 0 Å². The summed E-state index contributed by atoms with van der Waals surface area (Å²) < 4.78 is 0. The highest BCUT2D eigenvalue weighted by Gasteiger charge is 2.32. The molecule has 110 valence electrons. The summed E-state index contributed by atoms with van der Waals surface area (Å²) in [5, 5.41) is 0. The average Bonchev–Trinajstić information content (AvgIpc) is 2.36. The summed E-state index contributed by atoms with van der Waals surface area (Å²) in [5.41, 5.74) is 0. The Morgan fingerprint density at radius 2 is 1.32 bits per heavy atom. The Balaban J connectivity index is 0. The van der Waals surface area contributed by atoms with E-state index in [0.717, 1.165) is 6.42 Å². The maximum Gasteiger partial charge on any atom is 0.109 e. The Kier molecular flexibility index (Phi) is 9.72. The van der Waals surface area contributed by atoms with Crippen LogP contribution >= 0.6 is 23.2 Å². The molecular formula is C17H28Cl2. The maximum absolute atomic E-state index is 6.16. The van der Waals surface area contributed by atoms with E-state index in [2.05, 4.69) is 25.7 Å². The van der Waals surface area contributed by atoms with Crippen molar-refractivity contribution in [1.82, 2.24) is 0 Å². The predicted octanol–water partition coefficient (Wildman–Crippen LogP) is 5.57. The first-order chi connectivity index (χ1) is 8.49. The number of rotatable bonds is 4. The normalized spacial score (nSPS) is 15.8. The highest BCUT2D eigenvalue weighted by atomic mass is 35.5. The predicted molar refractivity (Wildman–Crippen MR) is 89.6 cm³/mol. The number of alkyl halides is 2. The molecule has 0 rings (SSSR count). The second-order valence-corrected chi connectivity index (χ2v) is 7.16. The lowest BCUT2D eigenvalue weighted by Crippen LogP contribution is -2.32. The molecule has 0 radical (unpaired) electrons. The van der Waals surface area contributed by atoms with Crippen LogP contribution in [0.5, 0.6) is 0 Å². The van der Waals surface area contributed by atoms with E-state index >= 15 is 0 Å². The first-order valence-electron chi connectivity index (χ1n) is 6.82. The fourth-order valence-electron chi connectivity index (χ4n) is 1.53. The van der Waals surface area contributed by atoms with Gasteiger partial charge in [0.1, 0.15) is 9.75 Å². The van der Waals surface area contributed by atoms with Crippen molar-refractivity contribution >= 4 is 23.2 Å². The third-order valence-electron chi connectivity index (χ3n) is 3.72. The Labute approximate surface area is 130 Å². The van der Waals surface area contributed by atoms with Crippen molar-refractivity contribution in [2.75, 3.05) is 0 Å². The van der Waals surface area contributed by atoms with E-state index in [1.807, 2.05) is 34.6 Å². The smallest absolute Gasteiger partial charge is 0.109 e. The molecule has 2 atom stereocenters. The Hall–Kier alpha value is -0.300. The van der Waals surface area contributed by atoms with Crippen LogP contribution in [-0.4, -0.2) is 9.75 Å². The van der Waals surface area contributed by atoms with Crippen molar-refractivity contribution in [3.05, 3.63) is 0 Å². The first-order valence-corrected chi connectivity index (χ1v) is 7.58. The highest BCUT2D eigenvalue weighted by molar-refractivity contribution is 6.26. The van der Waals surface area contributed by atoms with Crippen LogP contribution in [0.1, 0.15) is 54.9 Å². The summed E-state index contributed by atoms with van der Waals surface area (Å²) in [4.78, 5) is -0.908. The summed E-state index contributed by atoms with van der Waals surface area (Å²) in [7, 11) is 0. The summed E-state index contributed by atoms with van der Waals surface area (Å²) in [6.07, 6.45) is 11.6. The van der Waals surface area contributed by atoms with Gasteiger partial charge in [0.05, 0.1) is 0 Å². The van der Waals surface area contributed by atoms with Gasteiger partial charge in [0.15, 0.2) is 0 Å². The fourth-order valence-corrected chi connectivity index (χ4v) is 1.68.